The van der Waals surface area contributed by atoms with Gasteiger partial charge >= 0.3 is 0 Å². The summed E-state index contributed by atoms with van der Waals surface area (Å²) in [6, 6.07) is 84.4. The van der Waals surface area contributed by atoms with Crippen molar-refractivity contribution in [3.05, 3.63) is 338 Å². The number of pyridine rings is 4. The number of aliphatic hydroxyl groups is 2. The van der Waals surface area contributed by atoms with Crippen LogP contribution < -0.4 is 0 Å². The summed E-state index contributed by atoms with van der Waals surface area (Å²) in [4.78, 5) is 38.0. The summed E-state index contributed by atoms with van der Waals surface area (Å²) >= 11 is 0. The summed E-state index contributed by atoms with van der Waals surface area (Å²) in [5.41, 5.74) is 20.7. The fourth-order valence-electron chi connectivity index (χ4n) is 9.16. The number of rotatable bonds is 10. The number of aromatic nitrogens is 4. The molecule has 0 aliphatic heterocycles. The molecule has 484 valence electrons. The van der Waals surface area contributed by atoms with Gasteiger partial charge < -0.3 is 30.1 Å². The fraction of sp³-hybridized carbons (Fsp3) is 0.0976. The second kappa shape index (κ2) is 42.6. The Bertz CT molecular complexity index is 4150. The number of carbonyl (C=O) groups is 2. The Morgan fingerprint density at radius 3 is 1.04 bits per heavy atom. The van der Waals surface area contributed by atoms with E-state index in [1.165, 1.54) is 67.7 Å². The van der Waals surface area contributed by atoms with Gasteiger partial charge in [0.1, 0.15) is 0 Å². The van der Waals surface area contributed by atoms with Crippen LogP contribution in [0.2, 0.25) is 0 Å². The van der Waals surface area contributed by atoms with Crippen molar-refractivity contribution in [1.82, 2.24) is 19.9 Å². The molecule has 8 nitrogen and oxygen atoms in total. The molecule has 2 N–H and O–H groups in total. The number of carbonyl (C=O) groups excluding carboxylic acids is 2. The van der Waals surface area contributed by atoms with E-state index in [0.29, 0.717) is 5.69 Å². The normalized spacial score (nSPS) is 10.7. The summed E-state index contributed by atoms with van der Waals surface area (Å²) < 4.78 is 31.1. The van der Waals surface area contributed by atoms with E-state index >= 15 is 0 Å². The van der Waals surface area contributed by atoms with E-state index in [9.17, 15) is 9.59 Å². The fourth-order valence-corrected chi connectivity index (χ4v) is 9.16. The molecule has 0 fully saturated rings. The predicted molar refractivity (Wildman–Crippen MR) is 369 cm³/mol. The number of benzene rings is 8. The van der Waals surface area contributed by atoms with Gasteiger partial charge in [-0.05, 0) is 137 Å². The second-order valence-corrected chi connectivity index (χ2v) is 20.7. The van der Waals surface area contributed by atoms with Crippen molar-refractivity contribution < 1.29 is 106 Å². The minimum atomic E-state index is -0.282. The van der Waals surface area contributed by atoms with Crippen LogP contribution in [0.15, 0.2) is 291 Å². The predicted octanol–water partition coefficient (Wildman–Crippen LogP) is 20.2. The van der Waals surface area contributed by atoms with Crippen molar-refractivity contribution in [2.45, 2.75) is 55.4 Å². The topological polar surface area (TPSA) is 126 Å². The van der Waals surface area contributed by atoms with Crippen LogP contribution in [0.25, 0.3) is 89.5 Å². The van der Waals surface area contributed by atoms with Crippen molar-refractivity contribution in [3.8, 4) is 89.5 Å². The first-order valence-corrected chi connectivity index (χ1v) is 29.0. The third-order valence-electron chi connectivity index (χ3n) is 13.1. The van der Waals surface area contributed by atoms with Crippen LogP contribution >= 0.6 is 0 Å². The van der Waals surface area contributed by atoms with Gasteiger partial charge in [0.25, 0.3) is 0 Å². The standard InChI is InChI=1S/2C19H16N.2C17H12N.2C5H8O2.4Ir/c1-14-7-6-8-15(2)19(14)17-11-12-18(20-13-17)16-9-4-3-5-10-16;1-14-10-15(2)12-18(11-14)17-8-9-19(20-13-17)16-6-4-3-5-7-16;2*1-3-7-14(8-4-1)16-11-12-17(18-13-16)15-9-5-2-6-10-15;2*1-4(6)3-5(2)7;;;;/h3-9,11-13H,1-2H3;3-6,8-13H,1-2H3;2*1-9,11-13H;2*3,6H,1-2H3;;;;/q4*-1;;;;;;/i3D,4D,5D,9D;;;;;;;;;. The van der Waals surface area contributed by atoms with Crippen molar-refractivity contribution >= 4 is 11.6 Å². The first-order valence-electron chi connectivity index (χ1n) is 31.0. The molecule has 8 aromatic carbocycles. The van der Waals surface area contributed by atoms with Crippen LogP contribution in [0, 0.1) is 52.0 Å². The maximum Gasteiger partial charge on any atom is 0.155 e. The molecule has 0 atom stereocenters. The van der Waals surface area contributed by atoms with E-state index < -0.39 is 0 Å². The van der Waals surface area contributed by atoms with Crippen molar-refractivity contribution in [2.24, 2.45) is 0 Å². The number of hydrogen-bond acceptors (Lipinski definition) is 8. The van der Waals surface area contributed by atoms with E-state index in [4.69, 9.17) is 15.7 Å². The van der Waals surface area contributed by atoms with Gasteiger partial charge in [0.05, 0.1) is 11.5 Å². The van der Waals surface area contributed by atoms with E-state index in [-0.39, 0.29) is 133 Å². The Balaban J connectivity index is 0.000000316. The monoisotopic (exact) mass is 1950 g/mol. The minimum absolute atomic E-state index is 0. The largest absolute Gasteiger partial charge is 0.512 e. The van der Waals surface area contributed by atoms with Crippen molar-refractivity contribution in [2.75, 3.05) is 0 Å². The first kappa shape index (κ1) is 72.8. The maximum absolute atomic E-state index is 10.0. The molecule has 12 rings (SSSR count). The van der Waals surface area contributed by atoms with E-state index in [1.54, 1.807) is 12.3 Å². The van der Waals surface area contributed by atoms with E-state index in [1.807, 2.05) is 152 Å². The SMILES string of the molecule is CC(=O)C=C(C)O.CC(=O)C=C(C)O.Cc1cc(C)cc(-c2ccc(-c3[c-]cccc3)nc2)c1.[2H]c1[c-]c(-c2ccc(-c3c(C)cccc3C)cn2)c([2H])c([2H])c1[2H].[Ir].[Ir].[Ir].[Ir].[c-]1ccccc1-c1ccc(-c2ccccc2)cn1.[c-]1ccccc1-c1ccc(-c2ccccc2)cn1. The number of aliphatic hydroxyl groups excluding tert-OH is 2. The third kappa shape index (κ3) is 26.8. The van der Waals surface area contributed by atoms with Crippen LogP contribution in [-0.4, -0.2) is 41.7 Å². The minimum Gasteiger partial charge on any atom is -0.512 e. The summed E-state index contributed by atoms with van der Waals surface area (Å²) in [6.45, 7) is 14.0. The first-order chi connectivity index (χ1) is 45.2. The van der Waals surface area contributed by atoms with Gasteiger partial charge in [0.2, 0.25) is 0 Å². The van der Waals surface area contributed by atoms with Crippen LogP contribution in [-0.2, 0) is 90.0 Å². The molecule has 4 heterocycles. The Hall–Kier alpha value is -8.62. The molecule has 0 bridgehead atoms. The quantitative estimate of drug-likeness (QED) is 0.0788. The van der Waals surface area contributed by atoms with Gasteiger partial charge in [-0.3, -0.25) is 9.59 Å². The van der Waals surface area contributed by atoms with Crippen molar-refractivity contribution in [1.29, 1.82) is 0 Å². The van der Waals surface area contributed by atoms with E-state index in [0.717, 1.165) is 72.7 Å². The molecule has 0 amide bonds. The zero-order chi connectivity index (χ0) is 67.5. The third-order valence-corrected chi connectivity index (χ3v) is 13.1. The number of ketones is 2. The molecule has 12 aromatic rings. The van der Waals surface area contributed by atoms with Gasteiger partial charge in [-0.1, -0.05) is 157 Å². The van der Waals surface area contributed by atoms with Crippen LogP contribution in [0.4, 0.5) is 0 Å². The van der Waals surface area contributed by atoms with Crippen molar-refractivity contribution in [3.63, 3.8) is 0 Å². The molecule has 0 saturated heterocycles. The van der Waals surface area contributed by atoms with Crippen LogP contribution in [0.5, 0.6) is 0 Å². The summed E-state index contributed by atoms with van der Waals surface area (Å²) in [6.07, 6.45) is 9.82. The second-order valence-electron chi connectivity index (χ2n) is 20.7. The Kier molecular flexibility index (Phi) is 33.0. The van der Waals surface area contributed by atoms with E-state index in [2.05, 4.69) is 151 Å². The Morgan fingerprint density at radius 2 is 0.723 bits per heavy atom. The maximum atomic E-state index is 10.0. The van der Waals surface area contributed by atoms with Crippen LogP contribution in [0.3, 0.4) is 0 Å². The summed E-state index contributed by atoms with van der Waals surface area (Å²) in [5.74, 6) is -0.125. The Morgan fingerprint density at radius 1 is 0.372 bits per heavy atom. The van der Waals surface area contributed by atoms with Gasteiger partial charge in [-0.25, -0.2) is 0 Å². The van der Waals surface area contributed by atoms with Crippen LogP contribution in [0.1, 0.15) is 55.4 Å². The molecular weight excluding hydrogens is 1870 g/mol. The number of aryl methyl sites for hydroxylation is 4. The summed E-state index contributed by atoms with van der Waals surface area (Å²) in [5, 5.41) is 16.7. The van der Waals surface area contributed by atoms with Gasteiger partial charge in [-0.15, -0.1) is 143 Å². The summed E-state index contributed by atoms with van der Waals surface area (Å²) in [7, 11) is 0. The molecule has 94 heavy (non-hydrogen) atoms. The molecule has 4 radical (unpaired) electrons. The molecule has 0 spiro atoms. The molecule has 12 heteroatoms. The zero-order valence-electron chi connectivity index (χ0n) is 57.1. The zero-order valence-corrected chi connectivity index (χ0v) is 62.7. The van der Waals surface area contributed by atoms with Gasteiger partial charge in [-0.2, -0.15) is 0 Å². The molecular formula is C82H72Ir4N4O4-4. The van der Waals surface area contributed by atoms with Gasteiger partial charge in [0.15, 0.2) is 11.6 Å². The number of nitrogens with zero attached hydrogens (tertiary/aromatic N) is 4. The molecule has 0 aliphatic carbocycles. The molecule has 4 aromatic heterocycles. The molecule has 0 aliphatic rings. The Labute approximate surface area is 614 Å². The number of hydrogen-bond donors (Lipinski definition) is 2. The number of allylic oxidation sites excluding steroid dienone is 4. The molecule has 0 saturated carbocycles. The average Bonchev–Trinajstić information content (AvgIpc) is 0.802. The smallest absolute Gasteiger partial charge is 0.155 e. The van der Waals surface area contributed by atoms with Gasteiger partial charge in [0, 0.05) is 120 Å². The molecule has 0 unspecified atom stereocenters. The average molecular weight is 1950 g/mol.